The van der Waals surface area contributed by atoms with Gasteiger partial charge in [-0.05, 0) is 42.5 Å². The molecule has 0 unspecified atom stereocenters. The van der Waals surface area contributed by atoms with Crippen LogP contribution in [0.15, 0.2) is 97.6 Å². The zero-order valence-corrected chi connectivity index (χ0v) is 18.7. The fraction of sp³-hybridized carbons (Fsp3) is 0. The van der Waals surface area contributed by atoms with Crippen molar-refractivity contribution in [3.05, 3.63) is 120 Å². The average molecular weight is 473 g/mol. The molecule has 0 saturated carbocycles. The molecule has 36 heavy (non-hydrogen) atoms. The monoisotopic (exact) mass is 473 g/mol. The van der Waals surface area contributed by atoms with Crippen LogP contribution >= 0.6 is 0 Å². The molecule has 172 valence electrons. The number of nitrogens with zero attached hydrogens (tertiary/aromatic N) is 4. The minimum atomic E-state index is -0.513. The zero-order valence-electron chi connectivity index (χ0n) is 18.7. The molecule has 0 fully saturated rings. The molecular formula is C28H17N4O4+. The summed E-state index contributed by atoms with van der Waals surface area (Å²) in [6, 6.07) is 19.9. The summed E-state index contributed by atoms with van der Waals surface area (Å²) in [7, 11) is 0. The summed E-state index contributed by atoms with van der Waals surface area (Å²) < 4.78 is 2.51. The number of carbonyl (C=O) groups is 3. The van der Waals surface area contributed by atoms with E-state index in [9.17, 15) is 19.5 Å². The lowest BCUT2D eigenvalue weighted by atomic mass is 10.1. The van der Waals surface area contributed by atoms with Crippen molar-refractivity contribution >= 4 is 39.9 Å². The number of para-hydroxylation sites is 2. The van der Waals surface area contributed by atoms with Gasteiger partial charge in [-0.1, -0.05) is 24.3 Å². The predicted octanol–water partition coefficient (Wildman–Crippen LogP) is 4.00. The van der Waals surface area contributed by atoms with Gasteiger partial charge in [-0.3, -0.25) is 24.1 Å². The van der Waals surface area contributed by atoms with E-state index in [2.05, 4.69) is 9.97 Å². The van der Waals surface area contributed by atoms with Crippen LogP contribution in [-0.2, 0) is 0 Å². The number of aromatic hydroxyl groups is 1. The fourth-order valence-electron chi connectivity index (χ4n) is 4.52. The highest BCUT2D eigenvalue weighted by atomic mass is 16.3. The van der Waals surface area contributed by atoms with Crippen molar-refractivity contribution in [3.63, 3.8) is 0 Å². The summed E-state index contributed by atoms with van der Waals surface area (Å²) in [6.45, 7) is 0. The van der Waals surface area contributed by atoms with Crippen molar-refractivity contribution < 1.29 is 24.1 Å². The first kappa shape index (κ1) is 21.3. The highest BCUT2D eigenvalue weighted by Gasteiger charge is 2.47. The van der Waals surface area contributed by atoms with E-state index in [-0.39, 0.29) is 33.8 Å². The number of Topliss-reactive ketones (excluding diaryl/α,β-unsaturated/α-hetero) is 1. The zero-order chi connectivity index (χ0) is 24.8. The third-order valence-corrected chi connectivity index (χ3v) is 6.12. The lowest BCUT2D eigenvalue weighted by Gasteiger charge is -2.08. The maximum atomic E-state index is 13.8. The molecule has 3 aromatic heterocycles. The highest BCUT2D eigenvalue weighted by molar-refractivity contribution is 6.53. The van der Waals surface area contributed by atoms with Crippen LogP contribution in [0.5, 0.6) is 5.75 Å². The van der Waals surface area contributed by atoms with Crippen molar-refractivity contribution in [1.82, 2.24) is 14.5 Å². The van der Waals surface area contributed by atoms with Gasteiger partial charge in [0, 0.05) is 36.2 Å². The molecule has 1 aliphatic rings. The lowest BCUT2D eigenvalue weighted by molar-refractivity contribution is -0.330. The highest BCUT2D eigenvalue weighted by Crippen LogP contribution is 2.38. The standard InChI is InChI=1S/C28H16N4O4/c33-25-19-9-1-3-11-21(19)31(27(35)17-7-5-13-29-15-17)23(25)24-26(34)20-10-2-4-12-22(20)32(24)28(36)18-8-6-14-30-16-18/h1-16H/p+1. The van der Waals surface area contributed by atoms with Crippen molar-refractivity contribution in [2.24, 2.45) is 0 Å². The number of pyridine rings is 2. The molecule has 0 bridgehead atoms. The second kappa shape index (κ2) is 8.21. The number of hydrogen-bond donors (Lipinski definition) is 1. The normalized spacial score (nSPS) is 12.7. The molecule has 0 aliphatic carbocycles. The molecule has 1 N–H and O–H groups in total. The number of benzene rings is 2. The van der Waals surface area contributed by atoms with Crippen molar-refractivity contribution in [2.45, 2.75) is 0 Å². The van der Waals surface area contributed by atoms with Crippen LogP contribution in [0, 0.1) is 0 Å². The number of fused-ring (bicyclic) bond motifs is 2. The summed E-state index contributed by atoms with van der Waals surface area (Å²) in [5.41, 5.74) is 1.36. The number of hydrogen-bond acceptors (Lipinski definition) is 6. The predicted molar refractivity (Wildman–Crippen MR) is 131 cm³/mol. The first-order valence-corrected chi connectivity index (χ1v) is 11.1. The summed E-state index contributed by atoms with van der Waals surface area (Å²) in [4.78, 5) is 49.3. The SMILES string of the molecule is O=C1C(c2c(O)c3ccccc3n2C(=O)c2cccnc2)=[N+](C(=O)c2cccnc2)c2ccccc21. The second-order valence-corrected chi connectivity index (χ2v) is 8.17. The Kier molecular flexibility index (Phi) is 4.86. The second-order valence-electron chi connectivity index (χ2n) is 8.17. The Balaban J connectivity index is 1.71. The van der Waals surface area contributed by atoms with E-state index in [0.717, 1.165) is 0 Å². The van der Waals surface area contributed by atoms with Crippen LogP contribution in [0.3, 0.4) is 0 Å². The first-order valence-electron chi connectivity index (χ1n) is 11.1. The van der Waals surface area contributed by atoms with E-state index in [1.807, 2.05) is 0 Å². The Morgan fingerprint density at radius 3 is 2.19 bits per heavy atom. The topological polar surface area (TPSA) is 105 Å². The molecule has 5 aromatic rings. The van der Waals surface area contributed by atoms with Crippen LogP contribution in [0.4, 0.5) is 5.69 Å². The Labute approximate surface area is 204 Å². The van der Waals surface area contributed by atoms with E-state index in [4.69, 9.17) is 0 Å². The van der Waals surface area contributed by atoms with Crippen LogP contribution in [0.1, 0.15) is 36.8 Å². The number of aromatic nitrogens is 3. The van der Waals surface area contributed by atoms with Gasteiger partial charge in [-0.25, -0.2) is 4.79 Å². The van der Waals surface area contributed by atoms with Crippen LogP contribution in [0.2, 0.25) is 0 Å². The molecule has 1 aliphatic heterocycles. The van der Waals surface area contributed by atoms with Crippen LogP contribution < -0.4 is 0 Å². The molecule has 1 amide bonds. The smallest absolute Gasteiger partial charge is 0.427 e. The maximum Gasteiger partial charge on any atom is 0.427 e. The van der Waals surface area contributed by atoms with E-state index in [0.29, 0.717) is 16.6 Å². The molecule has 0 atom stereocenters. The first-order chi connectivity index (χ1) is 17.6. The van der Waals surface area contributed by atoms with Gasteiger partial charge in [-0.15, -0.1) is 4.58 Å². The Bertz CT molecular complexity index is 1740. The maximum absolute atomic E-state index is 13.8. The number of ketones is 1. The van der Waals surface area contributed by atoms with E-state index in [1.165, 1.54) is 21.5 Å². The summed E-state index contributed by atoms with van der Waals surface area (Å²) in [5.74, 6) is -1.77. The molecule has 0 spiro atoms. The average Bonchev–Trinajstić information content (AvgIpc) is 3.39. The Hall–Kier alpha value is -5.24. The van der Waals surface area contributed by atoms with Crippen molar-refractivity contribution in [3.8, 4) is 5.75 Å². The van der Waals surface area contributed by atoms with Gasteiger partial charge >= 0.3 is 5.91 Å². The largest absolute Gasteiger partial charge is 0.505 e. The summed E-state index contributed by atoms with van der Waals surface area (Å²) >= 11 is 0. The van der Waals surface area contributed by atoms with E-state index in [1.54, 1.807) is 85.2 Å². The third kappa shape index (κ3) is 3.08. The summed E-state index contributed by atoms with van der Waals surface area (Å²) in [6.07, 6.45) is 5.90. The fourth-order valence-corrected chi connectivity index (χ4v) is 4.52. The van der Waals surface area contributed by atoms with Gasteiger partial charge in [0.15, 0.2) is 11.4 Å². The van der Waals surface area contributed by atoms with Gasteiger partial charge in [0.25, 0.3) is 17.4 Å². The molecular weight excluding hydrogens is 456 g/mol. The van der Waals surface area contributed by atoms with Crippen molar-refractivity contribution in [1.29, 1.82) is 0 Å². The Morgan fingerprint density at radius 1 is 0.806 bits per heavy atom. The molecule has 8 nitrogen and oxygen atoms in total. The minimum absolute atomic E-state index is 0.0662. The van der Waals surface area contributed by atoms with Gasteiger partial charge in [-0.2, -0.15) is 0 Å². The lowest BCUT2D eigenvalue weighted by Crippen LogP contribution is -2.29. The molecule has 4 heterocycles. The number of rotatable bonds is 3. The summed E-state index contributed by atoms with van der Waals surface area (Å²) in [5, 5.41) is 11.8. The van der Waals surface area contributed by atoms with Gasteiger partial charge < -0.3 is 5.11 Å². The third-order valence-electron chi connectivity index (χ3n) is 6.12. The Morgan fingerprint density at radius 2 is 1.47 bits per heavy atom. The van der Waals surface area contributed by atoms with E-state index < -0.39 is 17.6 Å². The van der Waals surface area contributed by atoms with Gasteiger partial charge in [0.2, 0.25) is 5.69 Å². The quantitative estimate of drug-likeness (QED) is 0.397. The van der Waals surface area contributed by atoms with Gasteiger partial charge in [0.1, 0.15) is 11.1 Å². The molecule has 0 saturated heterocycles. The number of carbonyl (C=O) groups excluding carboxylic acids is 3. The van der Waals surface area contributed by atoms with E-state index >= 15 is 0 Å². The molecule has 2 aromatic carbocycles. The minimum Gasteiger partial charge on any atom is -0.505 e. The van der Waals surface area contributed by atoms with Crippen LogP contribution in [0.25, 0.3) is 10.9 Å². The molecule has 0 radical (unpaired) electrons. The van der Waals surface area contributed by atoms with Crippen molar-refractivity contribution in [2.75, 3.05) is 0 Å². The number of amides is 1. The molecule has 6 rings (SSSR count). The molecule has 8 heteroatoms. The van der Waals surface area contributed by atoms with Crippen LogP contribution in [-0.4, -0.2) is 47.5 Å². The van der Waals surface area contributed by atoms with Gasteiger partial charge in [0.05, 0.1) is 11.1 Å².